The zero-order valence-corrected chi connectivity index (χ0v) is 12.0. The molecule has 0 aliphatic heterocycles. The lowest BCUT2D eigenvalue weighted by Gasteiger charge is -2.17. The van der Waals surface area contributed by atoms with Crippen LogP contribution in [0.3, 0.4) is 0 Å². The molecule has 19 heavy (non-hydrogen) atoms. The van der Waals surface area contributed by atoms with Crippen molar-refractivity contribution in [3.8, 4) is 0 Å². The Morgan fingerprint density at radius 2 is 2.21 bits per heavy atom. The topological polar surface area (TPSA) is 99.6 Å². The minimum atomic E-state index is -3.80. The fraction of sp³-hybridized carbons (Fsp3) is 0.400. The lowest BCUT2D eigenvalue weighted by atomic mass is 10.3. The van der Waals surface area contributed by atoms with Gasteiger partial charge in [-0.1, -0.05) is 11.6 Å². The van der Waals surface area contributed by atoms with E-state index < -0.39 is 16.2 Å². The molecule has 0 aromatic carbocycles. The third-order valence-corrected chi connectivity index (χ3v) is 4.20. The highest BCUT2D eigenvalue weighted by atomic mass is 35.5. The van der Waals surface area contributed by atoms with Crippen LogP contribution in [0, 0.1) is 6.92 Å². The highest BCUT2D eigenvalue weighted by molar-refractivity contribution is 7.90. The van der Waals surface area contributed by atoms with Gasteiger partial charge in [0, 0.05) is 13.6 Å². The highest BCUT2D eigenvalue weighted by Gasteiger charge is 2.18. The number of hydrogen-bond donors (Lipinski definition) is 2. The maximum atomic E-state index is 11.9. The van der Waals surface area contributed by atoms with E-state index in [1.54, 1.807) is 6.92 Å². The predicted molar refractivity (Wildman–Crippen MR) is 71.4 cm³/mol. The molecule has 0 radical (unpaired) electrons. The van der Waals surface area contributed by atoms with Crippen LogP contribution in [0.5, 0.6) is 0 Å². The number of aliphatic carboxylic acids is 1. The minimum Gasteiger partial charge on any atom is -0.481 e. The number of rotatable bonds is 6. The zero-order chi connectivity index (χ0) is 14.6. The van der Waals surface area contributed by atoms with E-state index in [9.17, 15) is 13.2 Å². The molecular formula is C10H14ClN3O4S. The van der Waals surface area contributed by atoms with Gasteiger partial charge in [-0.15, -0.1) is 0 Å². The Labute approximate surface area is 116 Å². The van der Waals surface area contributed by atoms with Crippen LogP contribution in [0.25, 0.3) is 0 Å². The van der Waals surface area contributed by atoms with E-state index in [-0.39, 0.29) is 18.7 Å². The van der Waals surface area contributed by atoms with Gasteiger partial charge in [-0.3, -0.25) is 9.52 Å². The van der Waals surface area contributed by atoms with Crippen molar-refractivity contribution < 1.29 is 18.3 Å². The normalized spacial score (nSPS) is 11.6. The van der Waals surface area contributed by atoms with Gasteiger partial charge in [-0.2, -0.15) is 12.7 Å². The Morgan fingerprint density at radius 1 is 1.58 bits per heavy atom. The number of hydrogen-bond acceptors (Lipinski definition) is 4. The number of pyridine rings is 1. The van der Waals surface area contributed by atoms with Crippen molar-refractivity contribution in [2.75, 3.05) is 18.3 Å². The summed E-state index contributed by atoms with van der Waals surface area (Å²) in [4.78, 5) is 14.2. The van der Waals surface area contributed by atoms with Crippen LogP contribution in [0.4, 0.5) is 5.69 Å². The van der Waals surface area contributed by atoms with Crippen molar-refractivity contribution in [2.45, 2.75) is 13.3 Å². The van der Waals surface area contributed by atoms with Gasteiger partial charge in [0.05, 0.1) is 18.3 Å². The van der Waals surface area contributed by atoms with E-state index in [2.05, 4.69) is 9.71 Å². The quantitative estimate of drug-likeness (QED) is 0.767. The molecule has 106 valence electrons. The van der Waals surface area contributed by atoms with Crippen molar-refractivity contribution in [2.24, 2.45) is 0 Å². The summed E-state index contributed by atoms with van der Waals surface area (Å²) < 4.78 is 27.0. The van der Waals surface area contributed by atoms with Gasteiger partial charge >= 0.3 is 16.2 Å². The van der Waals surface area contributed by atoms with Gasteiger partial charge in [0.1, 0.15) is 5.15 Å². The van der Waals surface area contributed by atoms with Crippen LogP contribution in [-0.2, 0) is 15.0 Å². The first-order chi connectivity index (χ1) is 8.72. The van der Waals surface area contributed by atoms with Gasteiger partial charge < -0.3 is 5.11 Å². The van der Waals surface area contributed by atoms with Crippen LogP contribution in [0.15, 0.2) is 12.3 Å². The molecule has 0 atom stereocenters. The number of aromatic nitrogens is 1. The molecule has 9 heteroatoms. The van der Waals surface area contributed by atoms with Crippen molar-refractivity contribution in [3.05, 3.63) is 23.0 Å². The molecule has 1 aromatic rings. The molecule has 0 amide bonds. The molecular weight excluding hydrogens is 294 g/mol. The molecule has 0 fully saturated rings. The number of nitrogens with zero attached hydrogens (tertiary/aromatic N) is 2. The molecule has 0 saturated heterocycles. The maximum absolute atomic E-state index is 11.9. The zero-order valence-electron chi connectivity index (χ0n) is 10.4. The molecule has 1 rings (SSSR count). The van der Waals surface area contributed by atoms with Crippen LogP contribution >= 0.6 is 11.6 Å². The number of carboxylic acids is 1. The van der Waals surface area contributed by atoms with Crippen molar-refractivity contribution in [3.63, 3.8) is 0 Å². The van der Waals surface area contributed by atoms with Crippen LogP contribution in [-0.4, -0.2) is 42.4 Å². The Balaban J connectivity index is 2.78. The molecule has 0 aliphatic rings. The molecule has 0 unspecified atom stereocenters. The number of carbonyl (C=O) groups is 1. The molecule has 1 heterocycles. The number of halogens is 1. The maximum Gasteiger partial charge on any atom is 0.304 e. The first-order valence-electron chi connectivity index (χ1n) is 5.30. The predicted octanol–water partition coefficient (Wildman–Crippen LogP) is 1.11. The molecule has 0 aliphatic carbocycles. The lowest BCUT2D eigenvalue weighted by molar-refractivity contribution is -0.137. The Hall–Kier alpha value is -1.38. The molecule has 2 N–H and O–H groups in total. The van der Waals surface area contributed by atoms with Crippen LogP contribution < -0.4 is 4.72 Å². The molecule has 0 spiro atoms. The Morgan fingerprint density at radius 3 is 2.74 bits per heavy atom. The SMILES string of the molecule is Cc1cc(NS(=O)(=O)N(C)CCC(=O)O)cnc1Cl. The fourth-order valence-corrected chi connectivity index (χ4v) is 2.21. The lowest BCUT2D eigenvalue weighted by Crippen LogP contribution is -2.34. The number of aryl methyl sites for hydroxylation is 1. The summed E-state index contributed by atoms with van der Waals surface area (Å²) in [7, 11) is -2.51. The van der Waals surface area contributed by atoms with E-state index in [0.29, 0.717) is 10.7 Å². The monoisotopic (exact) mass is 307 g/mol. The fourth-order valence-electron chi connectivity index (χ4n) is 1.21. The first kappa shape index (κ1) is 15.7. The summed E-state index contributed by atoms with van der Waals surface area (Å²) in [6.45, 7) is 1.58. The summed E-state index contributed by atoms with van der Waals surface area (Å²) in [6, 6.07) is 1.54. The van der Waals surface area contributed by atoms with Gasteiger partial charge in [-0.25, -0.2) is 4.98 Å². The molecule has 0 saturated carbocycles. The summed E-state index contributed by atoms with van der Waals surface area (Å²) in [5.41, 5.74) is 0.902. The second kappa shape index (κ2) is 6.18. The van der Waals surface area contributed by atoms with E-state index in [1.165, 1.54) is 19.3 Å². The van der Waals surface area contributed by atoms with Gasteiger partial charge in [0.2, 0.25) is 0 Å². The number of nitrogens with one attached hydrogen (secondary N) is 1. The van der Waals surface area contributed by atoms with Gasteiger partial charge in [0.15, 0.2) is 0 Å². The summed E-state index contributed by atoms with van der Waals surface area (Å²) in [6.07, 6.45) is 1.02. The van der Waals surface area contributed by atoms with E-state index in [0.717, 1.165) is 4.31 Å². The summed E-state index contributed by atoms with van der Waals surface area (Å²) >= 11 is 5.73. The smallest absolute Gasteiger partial charge is 0.304 e. The minimum absolute atomic E-state index is 0.120. The highest BCUT2D eigenvalue weighted by Crippen LogP contribution is 2.17. The molecule has 7 nitrogen and oxygen atoms in total. The Bertz CT molecular complexity index is 576. The second-order valence-electron chi connectivity index (χ2n) is 3.90. The average molecular weight is 308 g/mol. The third-order valence-electron chi connectivity index (χ3n) is 2.31. The molecule has 1 aromatic heterocycles. The van der Waals surface area contributed by atoms with E-state index in [1.807, 2.05) is 0 Å². The number of anilines is 1. The van der Waals surface area contributed by atoms with Crippen LogP contribution in [0.2, 0.25) is 5.15 Å². The van der Waals surface area contributed by atoms with E-state index >= 15 is 0 Å². The first-order valence-corrected chi connectivity index (χ1v) is 7.12. The second-order valence-corrected chi connectivity index (χ2v) is 6.04. The number of carboxylic acid groups (broad SMARTS) is 1. The average Bonchev–Trinajstić information content (AvgIpc) is 2.30. The molecule has 0 bridgehead atoms. The Kier molecular flexibility index (Phi) is 5.10. The largest absolute Gasteiger partial charge is 0.481 e. The van der Waals surface area contributed by atoms with E-state index in [4.69, 9.17) is 16.7 Å². The van der Waals surface area contributed by atoms with Crippen molar-refractivity contribution in [1.29, 1.82) is 0 Å². The third kappa shape index (κ3) is 4.66. The van der Waals surface area contributed by atoms with Crippen molar-refractivity contribution in [1.82, 2.24) is 9.29 Å². The standard InChI is InChI=1S/C10H14ClN3O4S/c1-7-5-8(6-12-10(7)11)13-19(17,18)14(2)4-3-9(15)16/h5-6,13H,3-4H2,1-2H3,(H,15,16). The van der Waals surface area contributed by atoms with Gasteiger partial charge in [-0.05, 0) is 18.6 Å². The summed E-state index contributed by atoms with van der Waals surface area (Å²) in [5, 5.41) is 8.81. The van der Waals surface area contributed by atoms with Crippen LogP contribution in [0.1, 0.15) is 12.0 Å². The summed E-state index contributed by atoms with van der Waals surface area (Å²) in [5.74, 6) is -1.06. The van der Waals surface area contributed by atoms with Gasteiger partial charge in [0.25, 0.3) is 0 Å². The van der Waals surface area contributed by atoms with Crippen molar-refractivity contribution >= 4 is 33.5 Å².